The SMILES string of the molecule is COc1ccc2c(c1)C(=O)C(C)=C2c1ccccc1. The van der Waals surface area contributed by atoms with Crippen molar-refractivity contribution in [3.05, 3.63) is 70.8 Å². The van der Waals surface area contributed by atoms with Gasteiger partial charge in [-0.1, -0.05) is 30.3 Å². The first-order chi connectivity index (χ1) is 9.22. The summed E-state index contributed by atoms with van der Waals surface area (Å²) < 4.78 is 5.19. The molecule has 3 rings (SSSR count). The highest BCUT2D eigenvalue weighted by molar-refractivity contribution is 6.22. The Labute approximate surface area is 112 Å². The molecular formula is C17H14O2. The summed E-state index contributed by atoms with van der Waals surface area (Å²) in [5.41, 5.74) is 4.64. The van der Waals surface area contributed by atoms with E-state index < -0.39 is 0 Å². The lowest BCUT2D eigenvalue weighted by Crippen LogP contribution is -1.96. The standard InChI is InChI=1S/C17H14O2/c1-11-16(12-6-4-3-5-7-12)14-9-8-13(19-2)10-15(14)17(11)18/h3-10H,1-2H3. The Kier molecular flexibility index (Phi) is 2.71. The van der Waals surface area contributed by atoms with Crippen molar-refractivity contribution in [1.82, 2.24) is 0 Å². The van der Waals surface area contributed by atoms with Crippen molar-refractivity contribution >= 4 is 11.4 Å². The second-order valence-electron chi connectivity index (χ2n) is 4.61. The number of hydrogen-bond acceptors (Lipinski definition) is 2. The Morgan fingerprint density at radius 1 is 0.947 bits per heavy atom. The first-order valence-corrected chi connectivity index (χ1v) is 6.22. The van der Waals surface area contributed by atoms with E-state index in [0.717, 1.165) is 27.8 Å². The zero-order valence-corrected chi connectivity index (χ0v) is 10.9. The van der Waals surface area contributed by atoms with Gasteiger partial charge in [-0.05, 0) is 41.8 Å². The van der Waals surface area contributed by atoms with Crippen molar-refractivity contribution in [2.24, 2.45) is 0 Å². The van der Waals surface area contributed by atoms with Crippen molar-refractivity contribution in [3.8, 4) is 5.75 Å². The second-order valence-corrected chi connectivity index (χ2v) is 4.61. The van der Waals surface area contributed by atoms with Gasteiger partial charge >= 0.3 is 0 Å². The third-order valence-electron chi connectivity index (χ3n) is 3.52. The quantitative estimate of drug-likeness (QED) is 0.812. The maximum Gasteiger partial charge on any atom is 0.190 e. The Morgan fingerprint density at radius 3 is 2.37 bits per heavy atom. The number of fused-ring (bicyclic) bond motifs is 1. The van der Waals surface area contributed by atoms with E-state index >= 15 is 0 Å². The number of carbonyl (C=O) groups is 1. The molecule has 0 fully saturated rings. The van der Waals surface area contributed by atoms with Crippen LogP contribution in [0.4, 0.5) is 0 Å². The minimum atomic E-state index is 0.0905. The summed E-state index contributed by atoms with van der Waals surface area (Å²) in [5.74, 6) is 0.807. The summed E-state index contributed by atoms with van der Waals surface area (Å²) in [6, 6.07) is 15.7. The van der Waals surface area contributed by atoms with E-state index in [9.17, 15) is 4.79 Å². The summed E-state index contributed by atoms with van der Waals surface area (Å²) in [6.45, 7) is 1.89. The number of Topliss-reactive ketones (excluding diaryl/α,β-unsaturated/α-hetero) is 1. The number of ether oxygens (including phenoxy) is 1. The smallest absolute Gasteiger partial charge is 0.190 e. The predicted octanol–water partition coefficient (Wildman–Crippen LogP) is 3.71. The zero-order chi connectivity index (χ0) is 13.4. The largest absolute Gasteiger partial charge is 0.497 e. The minimum absolute atomic E-state index is 0.0905. The van der Waals surface area contributed by atoms with Gasteiger partial charge in [0.25, 0.3) is 0 Å². The first-order valence-electron chi connectivity index (χ1n) is 6.22. The molecule has 0 radical (unpaired) electrons. The first kappa shape index (κ1) is 11.7. The number of methoxy groups -OCH3 is 1. The molecule has 0 heterocycles. The fraction of sp³-hybridized carbons (Fsp3) is 0.118. The van der Waals surface area contributed by atoms with Crippen LogP contribution in [0.5, 0.6) is 5.75 Å². The van der Waals surface area contributed by atoms with Gasteiger partial charge < -0.3 is 4.74 Å². The summed E-state index contributed by atoms with van der Waals surface area (Å²) >= 11 is 0. The van der Waals surface area contributed by atoms with Crippen molar-refractivity contribution in [2.75, 3.05) is 7.11 Å². The maximum absolute atomic E-state index is 12.3. The average Bonchev–Trinajstić information content (AvgIpc) is 2.71. The van der Waals surface area contributed by atoms with Gasteiger partial charge in [-0.3, -0.25) is 4.79 Å². The lowest BCUT2D eigenvalue weighted by atomic mass is 9.98. The van der Waals surface area contributed by atoms with Crippen molar-refractivity contribution in [2.45, 2.75) is 6.92 Å². The molecule has 0 spiro atoms. The van der Waals surface area contributed by atoms with Gasteiger partial charge in [-0.25, -0.2) is 0 Å². The van der Waals surface area contributed by atoms with E-state index in [2.05, 4.69) is 0 Å². The maximum atomic E-state index is 12.3. The normalized spacial score (nSPS) is 13.7. The molecule has 2 heteroatoms. The van der Waals surface area contributed by atoms with E-state index in [1.807, 2.05) is 55.5 Å². The molecule has 2 aromatic rings. The highest BCUT2D eigenvalue weighted by atomic mass is 16.5. The Bertz CT molecular complexity index is 682. The molecule has 19 heavy (non-hydrogen) atoms. The van der Waals surface area contributed by atoms with E-state index in [1.165, 1.54) is 0 Å². The number of rotatable bonds is 2. The molecule has 0 aliphatic heterocycles. The fourth-order valence-electron chi connectivity index (χ4n) is 2.55. The number of allylic oxidation sites excluding steroid dienone is 1. The van der Waals surface area contributed by atoms with Crippen molar-refractivity contribution < 1.29 is 9.53 Å². The van der Waals surface area contributed by atoms with Crippen LogP contribution in [0.3, 0.4) is 0 Å². The van der Waals surface area contributed by atoms with E-state index in [4.69, 9.17) is 4.74 Å². The second kappa shape index (κ2) is 4.39. The van der Waals surface area contributed by atoms with Gasteiger partial charge in [0, 0.05) is 11.1 Å². The lowest BCUT2D eigenvalue weighted by Gasteiger charge is -2.07. The summed E-state index contributed by atoms with van der Waals surface area (Å²) in [4.78, 5) is 12.3. The molecule has 1 aliphatic carbocycles. The van der Waals surface area contributed by atoms with Gasteiger partial charge in [0.05, 0.1) is 7.11 Å². The highest BCUT2D eigenvalue weighted by Gasteiger charge is 2.27. The molecule has 2 aromatic carbocycles. The van der Waals surface area contributed by atoms with E-state index in [1.54, 1.807) is 7.11 Å². The molecule has 0 saturated carbocycles. The van der Waals surface area contributed by atoms with Gasteiger partial charge in [0.2, 0.25) is 0 Å². The highest BCUT2D eigenvalue weighted by Crippen LogP contribution is 2.38. The van der Waals surface area contributed by atoms with Crippen LogP contribution in [-0.2, 0) is 0 Å². The Hall–Kier alpha value is -2.35. The van der Waals surface area contributed by atoms with Crippen LogP contribution < -0.4 is 4.74 Å². The lowest BCUT2D eigenvalue weighted by molar-refractivity contribution is 0.103. The summed E-state index contributed by atoms with van der Waals surface area (Å²) in [7, 11) is 1.61. The molecule has 2 nitrogen and oxygen atoms in total. The van der Waals surface area contributed by atoms with E-state index in [-0.39, 0.29) is 5.78 Å². The number of ketones is 1. The van der Waals surface area contributed by atoms with Crippen LogP contribution in [0.15, 0.2) is 54.1 Å². The monoisotopic (exact) mass is 250 g/mol. The third-order valence-corrected chi connectivity index (χ3v) is 3.52. The molecule has 1 aliphatic rings. The minimum Gasteiger partial charge on any atom is -0.497 e. The van der Waals surface area contributed by atoms with Crippen LogP contribution in [0.2, 0.25) is 0 Å². The van der Waals surface area contributed by atoms with Crippen LogP contribution in [0.25, 0.3) is 5.57 Å². The molecule has 0 N–H and O–H groups in total. The fourth-order valence-corrected chi connectivity index (χ4v) is 2.55. The zero-order valence-electron chi connectivity index (χ0n) is 10.9. The molecule has 0 atom stereocenters. The molecule has 0 bridgehead atoms. The Balaban J connectivity index is 2.21. The van der Waals surface area contributed by atoms with Crippen LogP contribution in [0, 0.1) is 0 Å². The molecule has 94 valence electrons. The van der Waals surface area contributed by atoms with Gasteiger partial charge in [-0.15, -0.1) is 0 Å². The Morgan fingerprint density at radius 2 is 1.68 bits per heavy atom. The third kappa shape index (κ3) is 1.76. The van der Waals surface area contributed by atoms with Gasteiger partial charge in [-0.2, -0.15) is 0 Å². The van der Waals surface area contributed by atoms with Gasteiger partial charge in [0.1, 0.15) is 5.75 Å². The van der Waals surface area contributed by atoms with Crippen LogP contribution in [0.1, 0.15) is 28.4 Å². The molecule has 0 amide bonds. The summed E-state index contributed by atoms with van der Waals surface area (Å²) in [5, 5.41) is 0. The number of hydrogen-bond donors (Lipinski definition) is 0. The average molecular weight is 250 g/mol. The molecular weight excluding hydrogens is 236 g/mol. The van der Waals surface area contributed by atoms with Gasteiger partial charge in [0.15, 0.2) is 5.78 Å². The van der Waals surface area contributed by atoms with Crippen molar-refractivity contribution in [1.29, 1.82) is 0 Å². The number of carbonyl (C=O) groups excluding carboxylic acids is 1. The predicted molar refractivity (Wildman–Crippen MR) is 75.5 cm³/mol. The van der Waals surface area contributed by atoms with Crippen molar-refractivity contribution in [3.63, 3.8) is 0 Å². The summed E-state index contributed by atoms with van der Waals surface area (Å²) in [6.07, 6.45) is 0. The molecule has 0 unspecified atom stereocenters. The van der Waals surface area contributed by atoms with Crippen LogP contribution >= 0.6 is 0 Å². The topological polar surface area (TPSA) is 26.3 Å². The van der Waals surface area contributed by atoms with E-state index in [0.29, 0.717) is 5.75 Å². The molecule has 0 saturated heterocycles. The number of benzene rings is 2. The molecule has 0 aromatic heterocycles. The van der Waals surface area contributed by atoms with Crippen LogP contribution in [-0.4, -0.2) is 12.9 Å².